The number of anilines is 1. The van der Waals surface area contributed by atoms with Crippen molar-refractivity contribution in [1.29, 1.82) is 0 Å². The van der Waals surface area contributed by atoms with Gasteiger partial charge in [0.2, 0.25) is 0 Å². The molecule has 1 heterocycles. The van der Waals surface area contributed by atoms with Crippen LogP contribution in [0.1, 0.15) is 10.4 Å². The minimum Gasteiger partial charge on any atom is -0.377 e. The van der Waals surface area contributed by atoms with Crippen LogP contribution < -0.4 is 5.32 Å². The zero-order valence-corrected chi connectivity index (χ0v) is 8.18. The lowest BCUT2D eigenvalue weighted by Crippen LogP contribution is -2.37. The molecule has 3 rings (SSSR count). The SMILES string of the molecule is O=C1c2ccccc2NC2C=CC=CC12. The number of carbonyl (C=O) groups is 1. The van der Waals surface area contributed by atoms with Crippen LogP contribution in [0.5, 0.6) is 0 Å². The summed E-state index contributed by atoms with van der Waals surface area (Å²) in [6.45, 7) is 0. The molecule has 1 aliphatic heterocycles. The average Bonchev–Trinajstić information content (AvgIpc) is 2.30. The molecule has 1 aromatic rings. The van der Waals surface area contributed by atoms with E-state index in [1.54, 1.807) is 0 Å². The molecule has 0 saturated heterocycles. The first-order valence-corrected chi connectivity index (χ1v) is 5.11. The lowest BCUT2D eigenvalue weighted by atomic mass is 9.83. The van der Waals surface area contributed by atoms with Gasteiger partial charge in [0.1, 0.15) is 0 Å². The Hall–Kier alpha value is -1.83. The number of fused-ring (bicyclic) bond motifs is 2. The standard InChI is InChI=1S/C13H11NO/c15-13-9-5-1-3-7-11(9)14-12-8-4-2-6-10(12)13/h1-9,11,14H. The quantitative estimate of drug-likeness (QED) is 0.692. The molecule has 74 valence electrons. The van der Waals surface area contributed by atoms with Gasteiger partial charge in [0, 0.05) is 11.3 Å². The minimum atomic E-state index is -0.0371. The molecule has 2 heteroatoms. The van der Waals surface area contributed by atoms with E-state index in [9.17, 15) is 4.79 Å². The van der Waals surface area contributed by atoms with Gasteiger partial charge in [-0.05, 0) is 12.1 Å². The Bertz CT molecular complexity index is 473. The lowest BCUT2D eigenvalue weighted by molar-refractivity contribution is 0.0936. The first-order valence-electron chi connectivity index (χ1n) is 5.11. The number of carbonyl (C=O) groups excluding carboxylic acids is 1. The van der Waals surface area contributed by atoms with Crippen molar-refractivity contribution < 1.29 is 4.79 Å². The predicted molar refractivity (Wildman–Crippen MR) is 60.0 cm³/mol. The number of Topliss-reactive ketones (excluding diaryl/α,β-unsaturated/α-hetero) is 1. The topological polar surface area (TPSA) is 29.1 Å². The number of rotatable bonds is 0. The summed E-state index contributed by atoms with van der Waals surface area (Å²) < 4.78 is 0. The van der Waals surface area contributed by atoms with E-state index in [1.807, 2.05) is 48.6 Å². The van der Waals surface area contributed by atoms with E-state index in [-0.39, 0.29) is 17.7 Å². The fourth-order valence-corrected chi connectivity index (χ4v) is 2.18. The Morgan fingerprint density at radius 2 is 1.87 bits per heavy atom. The van der Waals surface area contributed by atoms with Gasteiger partial charge < -0.3 is 5.32 Å². The summed E-state index contributed by atoms with van der Waals surface area (Å²) in [6.07, 6.45) is 7.93. The molecule has 2 nitrogen and oxygen atoms in total. The van der Waals surface area contributed by atoms with Crippen LogP contribution in [0.15, 0.2) is 48.6 Å². The maximum Gasteiger partial charge on any atom is 0.174 e. The summed E-state index contributed by atoms with van der Waals surface area (Å²) in [5, 5.41) is 3.37. The van der Waals surface area contributed by atoms with Crippen molar-refractivity contribution in [2.75, 3.05) is 5.32 Å². The van der Waals surface area contributed by atoms with Gasteiger partial charge in [0.15, 0.2) is 5.78 Å². The Balaban J connectivity index is 2.11. The third-order valence-corrected chi connectivity index (χ3v) is 2.95. The van der Waals surface area contributed by atoms with Gasteiger partial charge in [0.05, 0.1) is 12.0 Å². The van der Waals surface area contributed by atoms with Crippen LogP contribution in [0, 0.1) is 5.92 Å². The van der Waals surface area contributed by atoms with Crippen LogP contribution in [0.25, 0.3) is 0 Å². The van der Waals surface area contributed by atoms with Gasteiger partial charge in [-0.15, -0.1) is 0 Å². The van der Waals surface area contributed by atoms with Gasteiger partial charge in [-0.2, -0.15) is 0 Å². The van der Waals surface area contributed by atoms with Crippen molar-refractivity contribution in [2.45, 2.75) is 6.04 Å². The monoisotopic (exact) mass is 197 g/mol. The van der Waals surface area contributed by atoms with E-state index >= 15 is 0 Å². The van der Waals surface area contributed by atoms with Crippen LogP contribution in [-0.4, -0.2) is 11.8 Å². The molecule has 2 aliphatic rings. The van der Waals surface area contributed by atoms with Crippen molar-refractivity contribution in [3.63, 3.8) is 0 Å². The molecular weight excluding hydrogens is 186 g/mol. The maximum atomic E-state index is 12.1. The minimum absolute atomic E-state index is 0.0371. The molecule has 0 aromatic heterocycles. The molecule has 15 heavy (non-hydrogen) atoms. The number of para-hydroxylation sites is 1. The molecule has 0 spiro atoms. The maximum absolute atomic E-state index is 12.1. The van der Waals surface area contributed by atoms with Gasteiger partial charge in [-0.25, -0.2) is 0 Å². The number of benzene rings is 1. The normalized spacial score (nSPS) is 26.8. The number of hydrogen-bond acceptors (Lipinski definition) is 2. The summed E-state index contributed by atoms with van der Waals surface area (Å²) in [7, 11) is 0. The van der Waals surface area contributed by atoms with Crippen LogP contribution in [0.2, 0.25) is 0 Å². The zero-order valence-electron chi connectivity index (χ0n) is 8.18. The van der Waals surface area contributed by atoms with Crippen molar-refractivity contribution in [2.24, 2.45) is 5.92 Å². The van der Waals surface area contributed by atoms with E-state index < -0.39 is 0 Å². The van der Waals surface area contributed by atoms with Gasteiger partial charge in [-0.1, -0.05) is 36.4 Å². The molecule has 2 atom stereocenters. The predicted octanol–water partition coefficient (Wildman–Crippen LogP) is 2.41. The summed E-state index contributed by atoms with van der Waals surface area (Å²) in [5.74, 6) is 0.180. The fourth-order valence-electron chi connectivity index (χ4n) is 2.18. The first-order chi connectivity index (χ1) is 7.36. The number of hydrogen-bond donors (Lipinski definition) is 1. The molecular formula is C13H11NO. The van der Waals surface area contributed by atoms with Crippen molar-refractivity contribution in [1.82, 2.24) is 0 Å². The average molecular weight is 197 g/mol. The largest absolute Gasteiger partial charge is 0.377 e. The van der Waals surface area contributed by atoms with Gasteiger partial charge in [-0.3, -0.25) is 4.79 Å². The summed E-state index contributed by atoms with van der Waals surface area (Å²) >= 11 is 0. The smallest absolute Gasteiger partial charge is 0.174 e. The third-order valence-electron chi connectivity index (χ3n) is 2.95. The number of nitrogens with one attached hydrogen (secondary N) is 1. The Morgan fingerprint density at radius 1 is 1.07 bits per heavy atom. The van der Waals surface area contributed by atoms with Crippen LogP contribution in [-0.2, 0) is 0 Å². The van der Waals surface area contributed by atoms with Crippen molar-refractivity contribution in [3.8, 4) is 0 Å². The van der Waals surface area contributed by atoms with Crippen LogP contribution in [0.3, 0.4) is 0 Å². The van der Waals surface area contributed by atoms with E-state index in [4.69, 9.17) is 0 Å². The Morgan fingerprint density at radius 3 is 2.80 bits per heavy atom. The second-order valence-corrected chi connectivity index (χ2v) is 3.88. The number of allylic oxidation sites excluding steroid dienone is 2. The van der Waals surface area contributed by atoms with Crippen molar-refractivity contribution in [3.05, 3.63) is 54.1 Å². The van der Waals surface area contributed by atoms with E-state index in [2.05, 4.69) is 5.32 Å². The molecule has 1 N–H and O–H groups in total. The van der Waals surface area contributed by atoms with Crippen molar-refractivity contribution >= 4 is 11.5 Å². The van der Waals surface area contributed by atoms with E-state index in [0.717, 1.165) is 11.3 Å². The number of ketones is 1. The highest BCUT2D eigenvalue weighted by Crippen LogP contribution is 2.30. The molecule has 0 amide bonds. The highest BCUT2D eigenvalue weighted by Gasteiger charge is 2.32. The molecule has 0 bridgehead atoms. The fraction of sp³-hybridized carbons (Fsp3) is 0.154. The molecule has 0 saturated carbocycles. The zero-order chi connectivity index (χ0) is 10.3. The van der Waals surface area contributed by atoms with Gasteiger partial charge >= 0.3 is 0 Å². The second-order valence-electron chi connectivity index (χ2n) is 3.88. The van der Waals surface area contributed by atoms with Crippen LogP contribution >= 0.6 is 0 Å². The van der Waals surface area contributed by atoms with E-state index in [0.29, 0.717) is 0 Å². The molecule has 0 radical (unpaired) electrons. The first kappa shape index (κ1) is 8.48. The third kappa shape index (κ3) is 1.22. The Labute approximate surface area is 88.3 Å². The highest BCUT2D eigenvalue weighted by molar-refractivity contribution is 6.06. The van der Waals surface area contributed by atoms with Crippen LogP contribution in [0.4, 0.5) is 5.69 Å². The second kappa shape index (κ2) is 3.09. The molecule has 0 fully saturated rings. The molecule has 2 unspecified atom stereocenters. The van der Waals surface area contributed by atoms with Gasteiger partial charge in [0.25, 0.3) is 0 Å². The summed E-state index contributed by atoms with van der Waals surface area (Å²) in [6, 6.07) is 7.81. The lowest BCUT2D eigenvalue weighted by Gasteiger charge is -2.31. The van der Waals surface area contributed by atoms with E-state index in [1.165, 1.54) is 0 Å². The molecule has 1 aromatic carbocycles. The summed E-state index contributed by atoms with van der Waals surface area (Å²) in [4.78, 5) is 12.1. The summed E-state index contributed by atoms with van der Waals surface area (Å²) in [5.41, 5.74) is 1.75. The Kier molecular flexibility index (Phi) is 1.75. The molecule has 1 aliphatic carbocycles. The highest BCUT2D eigenvalue weighted by atomic mass is 16.1.